The number of aliphatic carboxylic acids is 1. The third kappa shape index (κ3) is 8.19. The first kappa shape index (κ1) is 23.4. The molecule has 0 aromatic carbocycles. The van der Waals surface area contributed by atoms with E-state index in [4.69, 9.17) is 5.11 Å². The van der Waals surface area contributed by atoms with Crippen LogP contribution in [0, 0.1) is 23.7 Å². The molecule has 0 saturated heterocycles. The number of hydrogen-bond acceptors (Lipinski definition) is 3. The van der Waals surface area contributed by atoms with Crippen molar-refractivity contribution in [2.24, 2.45) is 23.7 Å². The number of amides is 2. The number of carbonyl (C=O) groups is 3. The first-order valence-corrected chi connectivity index (χ1v) is 11.4. The second-order valence-corrected chi connectivity index (χ2v) is 8.69. The van der Waals surface area contributed by atoms with Gasteiger partial charge >= 0.3 is 5.97 Å². The molecule has 0 aliphatic heterocycles. The molecule has 2 bridgehead atoms. The van der Waals surface area contributed by atoms with Crippen molar-refractivity contribution >= 4 is 17.8 Å². The van der Waals surface area contributed by atoms with Gasteiger partial charge in [0.05, 0.1) is 6.54 Å². The smallest absolute Gasteiger partial charge is 0.303 e. The maximum Gasteiger partial charge on any atom is 0.303 e. The summed E-state index contributed by atoms with van der Waals surface area (Å²) >= 11 is 0. The van der Waals surface area contributed by atoms with E-state index in [1.165, 1.54) is 19.3 Å². The third-order valence-electron chi connectivity index (χ3n) is 6.60. The Morgan fingerprint density at radius 2 is 1.69 bits per heavy atom. The van der Waals surface area contributed by atoms with Crippen LogP contribution in [-0.4, -0.2) is 36.0 Å². The third-order valence-corrected chi connectivity index (χ3v) is 6.60. The highest BCUT2D eigenvalue weighted by atomic mass is 16.4. The molecule has 2 amide bonds. The highest BCUT2D eigenvalue weighted by Crippen LogP contribution is 2.53. The van der Waals surface area contributed by atoms with Gasteiger partial charge in [-0.05, 0) is 68.6 Å². The highest BCUT2D eigenvalue weighted by Gasteiger charge is 2.46. The van der Waals surface area contributed by atoms with Gasteiger partial charge in [0.15, 0.2) is 0 Å². The Morgan fingerprint density at radius 3 is 2.41 bits per heavy atom. The summed E-state index contributed by atoms with van der Waals surface area (Å²) in [6, 6.07) is 0. The average Bonchev–Trinajstić information content (AvgIpc) is 3.29. The Bertz CT molecular complexity index is 575. The van der Waals surface area contributed by atoms with Gasteiger partial charge in [-0.15, -0.1) is 0 Å². The zero-order valence-electron chi connectivity index (χ0n) is 17.8. The summed E-state index contributed by atoms with van der Waals surface area (Å²) in [7, 11) is 0. The van der Waals surface area contributed by atoms with Crippen LogP contribution in [0.4, 0.5) is 0 Å². The highest BCUT2D eigenvalue weighted by molar-refractivity contribution is 5.84. The van der Waals surface area contributed by atoms with E-state index in [-0.39, 0.29) is 24.8 Å². The van der Waals surface area contributed by atoms with E-state index in [0.717, 1.165) is 38.0 Å². The molecule has 0 spiro atoms. The van der Waals surface area contributed by atoms with Gasteiger partial charge in [-0.2, -0.15) is 0 Å². The molecule has 4 atom stereocenters. The number of carboxylic acid groups (broad SMARTS) is 1. The number of carboxylic acids is 1. The van der Waals surface area contributed by atoms with Crippen molar-refractivity contribution in [1.82, 2.24) is 10.6 Å². The summed E-state index contributed by atoms with van der Waals surface area (Å²) < 4.78 is 0. The summed E-state index contributed by atoms with van der Waals surface area (Å²) in [6.07, 6.45) is 14.4. The molecule has 6 heteroatoms. The van der Waals surface area contributed by atoms with Gasteiger partial charge in [0, 0.05) is 19.4 Å². The molecule has 0 aromatic heterocycles. The van der Waals surface area contributed by atoms with Crippen molar-refractivity contribution in [2.75, 3.05) is 13.1 Å². The van der Waals surface area contributed by atoms with Crippen LogP contribution in [0.25, 0.3) is 0 Å². The Morgan fingerprint density at radius 1 is 0.931 bits per heavy atom. The van der Waals surface area contributed by atoms with E-state index in [1.54, 1.807) is 0 Å². The summed E-state index contributed by atoms with van der Waals surface area (Å²) in [6.45, 7) is 2.87. The summed E-state index contributed by atoms with van der Waals surface area (Å²) in [5.74, 6) is 1.70. The Hall–Kier alpha value is -1.85. The molecule has 2 aliphatic rings. The second kappa shape index (κ2) is 12.7. The van der Waals surface area contributed by atoms with E-state index >= 15 is 0 Å². The van der Waals surface area contributed by atoms with Crippen LogP contribution in [-0.2, 0) is 14.4 Å². The zero-order valence-corrected chi connectivity index (χ0v) is 17.8. The Labute approximate surface area is 174 Å². The molecule has 0 aromatic rings. The molecule has 3 N–H and O–H groups in total. The molecule has 0 heterocycles. The fraction of sp³-hybridized carbons (Fsp3) is 0.783. The molecule has 6 nitrogen and oxygen atoms in total. The monoisotopic (exact) mass is 406 g/mol. The number of hydrogen-bond donors (Lipinski definition) is 3. The predicted octanol–water partition coefficient (Wildman–Crippen LogP) is 3.66. The fourth-order valence-corrected chi connectivity index (χ4v) is 5.05. The molecule has 2 saturated carbocycles. The number of fused-ring (bicyclic) bond motifs is 2. The van der Waals surface area contributed by atoms with Gasteiger partial charge < -0.3 is 15.7 Å². The zero-order chi connectivity index (χ0) is 21.1. The van der Waals surface area contributed by atoms with Gasteiger partial charge in [0.25, 0.3) is 0 Å². The lowest BCUT2D eigenvalue weighted by atomic mass is 9.77. The first-order valence-electron chi connectivity index (χ1n) is 11.4. The van der Waals surface area contributed by atoms with E-state index in [0.29, 0.717) is 37.1 Å². The van der Waals surface area contributed by atoms with Crippen LogP contribution >= 0.6 is 0 Å². The summed E-state index contributed by atoms with van der Waals surface area (Å²) in [4.78, 5) is 34.4. The minimum absolute atomic E-state index is 0.0422. The minimum atomic E-state index is -0.737. The van der Waals surface area contributed by atoms with Crippen molar-refractivity contribution in [1.29, 1.82) is 0 Å². The van der Waals surface area contributed by atoms with Crippen molar-refractivity contribution in [3.8, 4) is 0 Å². The number of unbranched alkanes of at least 4 members (excludes halogenated alkanes) is 3. The molecule has 4 unspecified atom stereocenters. The normalized spacial score (nSPS) is 25.4. The second-order valence-electron chi connectivity index (χ2n) is 8.69. The van der Waals surface area contributed by atoms with Crippen LogP contribution in [0.5, 0.6) is 0 Å². The van der Waals surface area contributed by atoms with Crippen LogP contribution in [0.2, 0.25) is 0 Å². The van der Waals surface area contributed by atoms with E-state index < -0.39 is 5.97 Å². The number of nitrogens with one attached hydrogen (secondary N) is 2. The van der Waals surface area contributed by atoms with Crippen molar-refractivity contribution in [2.45, 2.75) is 77.6 Å². The maximum absolute atomic E-state index is 12.1. The molecule has 2 fully saturated rings. The van der Waals surface area contributed by atoms with Crippen LogP contribution in [0.3, 0.4) is 0 Å². The Kier molecular flexibility index (Phi) is 10.2. The van der Waals surface area contributed by atoms with E-state index in [9.17, 15) is 14.4 Å². The number of carbonyl (C=O) groups excluding carboxylic acids is 2. The lowest BCUT2D eigenvalue weighted by Crippen LogP contribution is -2.41. The topological polar surface area (TPSA) is 95.5 Å². The molecule has 2 rings (SSSR count). The SMILES string of the molecule is CCCCCC(=O)NCC(=O)NCC1C2CCC(C2)C1C/C=C\CCCC(=O)O. The summed E-state index contributed by atoms with van der Waals surface area (Å²) in [5.41, 5.74) is 0. The molecule has 29 heavy (non-hydrogen) atoms. The maximum atomic E-state index is 12.1. The minimum Gasteiger partial charge on any atom is -0.481 e. The predicted molar refractivity (Wildman–Crippen MR) is 113 cm³/mol. The lowest BCUT2D eigenvalue weighted by Gasteiger charge is -2.30. The number of rotatable bonds is 14. The van der Waals surface area contributed by atoms with E-state index in [2.05, 4.69) is 29.7 Å². The van der Waals surface area contributed by atoms with Crippen molar-refractivity contribution in [3.63, 3.8) is 0 Å². The summed E-state index contributed by atoms with van der Waals surface area (Å²) in [5, 5.41) is 14.4. The van der Waals surface area contributed by atoms with E-state index in [1.807, 2.05) is 0 Å². The van der Waals surface area contributed by atoms with Gasteiger partial charge in [0.2, 0.25) is 11.8 Å². The van der Waals surface area contributed by atoms with Gasteiger partial charge in [-0.25, -0.2) is 0 Å². The number of allylic oxidation sites excluding steroid dienone is 2. The Balaban J connectivity index is 1.68. The van der Waals surface area contributed by atoms with Gasteiger partial charge in [0.1, 0.15) is 0 Å². The van der Waals surface area contributed by atoms with Crippen LogP contribution in [0.15, 0.2) is 12.2 Å². The average molecular weight is 407 g/mol. The first-order chi connectivity index (χ1) is 14.0. The standard InChI is InChI=1S/C23H38N2O4/c1-2-3-6-10-21(26)25-16-22(27)24-15-20-18-13-12-17(14-18)19(20)9-7-4-5-8-11-23(28)29/h4,7,17-20H,2-3,5-6,8-16H2,1H3,(H,24,27)(H,25,26)(H,28,29)/b7-4-. The van der Waals surface area contributed by atoms with Crippen molar-refractivity contribution < 1.29 is 19.5 Å². The van der Waals surface area contributed by atoms with Crippen LogP contribution < -0.4 is 10.6 Å². The molecular weight excluding hydrogens is 368 g/mol. The van der Waals surface area contributed by atoms with Crippen LogP contribution in [0.1, 0.15) is 77.6 Å². The quantitative estimate of drug-likeness (QED) is 0.303. The molecule has 0 radical (unpaired) electrons. The molecular formula is C23H38N2O4. The molecule has 2 aliphatic carbocycles. The lowest BCUT2D eigenvalue weighted by molar-refractivity contribution is -0.137. The fourth-order valence-electron chi connectivity index (χ4n) is 5.05. The van der Waals surface area contributed by atoms with Gasteiger partial charge in [-0.3, -0.25) is 14.4 Å². The van der Waals surface area contributed by atoms with Crippen molar-refractivity contribution in [3.05, 3.63) is 12.2 Å². The van der Waals surface area contributed by atoms with Gasteiger partial charge in [-0.1, -0.05) is 31.9 Å². The largest absolute Gasteiger partial charge is 0.481 e. The molecule has 164 valence electrons.